The molecule has 0 bridgehead atoms. The minimum absolute atomic E-state index is 0.00310. The van der Waals surface area contributed by atoms with Crippen molar-refractivity contribution in [3.05, 3.63) is 0 Å². The van der Waals surface area contributed by atoms with Gasteiger partial charge in [-0.25, -0.2) is 0 Å². The minimum atomic E-state index is -0.338. The Morgan fingerprint density at radius 3 is 2.62 bits per heavy atom. The van der Waals surface area contributed by atoms with Crippen LogP contribution in [0.25, 0.3) is 0 Å². The summed E-state index contributed by atoms with van der Waals surface area (Å²) in [5, 5.41) is 0. The number of rotatable bonds is 2. The van der Waals surface area contributed by atoms with Gasteiger partial charge in [-0.2, -0.15) is 0 Å². The first-order valence-corrected chi connectivity index (χ1v) is 4.60. The molecule has 1 fully saturated rings. The smallest absolute Gasteiger partial charge is 0.240 e. The van der Waals surface area contributed by atoms with Gasteiger partial charge in [-0.05, 0) is 12.3 Å². The number of terminal acetylenes is 1. The van der Waals surface area contributed by atoms with Crippen LogP contribution in [0.2, 0.25) is 0 Å². The average Bonchev–Trinajstić information content (AvgIpc) is 2.37. The Bertz CT molecular complexity index is 242. The van der Waals surface area contributed by atoms with E-state index >= 15 is 0 Å². The molecule has 0 saturated carbocycles. The number of hydrogen-bond donors (Lipinski definition) is 1. The van der Waals surface area contributed by atoms with Gasteiger partial charge in [0.1, 0.15) is 0 Å². The van der Waals surface area contributed by atoms with Gasteiger partial charge in [0.25, 0.3) is 0 Å². The van der Waals surface area contributed by atoms with E-state index in [1.54, 1.807) is 4.90 Å². The van der Waals surface area contributed by atoms with Gasteiger partial charge in [0, 0.05) is 6.54 Å². The van der Waals surface area contributed by atoms with Crippen LogP contribution in [0.3, 0.4) is 0 Å². The van der Waals surface area contributed by atoms with Crippen molar-refractivity contribution in [1.82, 2.24) is 4.90 Å². The zero-order chi connectivity index (χ0) is 10.0. The van der Waals surface area contributed by atoms with Gasteiger partial charge in [-0.3, -0.25) is 4.79 Å². The predicted molar refractivity (Wildman–Crippen MR) is 51.8 cm³/mol. The SMILES string of the molecule is C#CC(C(C)C)N1CCC(N)C1=O. The third kappa shape index (κ3) is 1.84. The van der Waals surface area contributed by atoms with E-state index in [1.165, 1.54) is 0 Å². The van der Waals surface area contributed by atoms with E-state index < -0.39 is 0 Å². The number of carbonyl (C=O) groups is 1. The summed E-state index contributed by atoms with van der Waals surface area (Å²) in [6.45, 7) is 4.73. The largest absolute Gasteiger partial charge is 0.327 e. The molecule has 1 rings (SSSR count). The van der Waals surface area contributed by atoms with Crippen LogP contribution < -0.4 is 5.73 Å². The molecule has 1 aliphatic rings. The molecule has 2 atom stereocenters. The second kappa shape index (κ2) is 3.80. The molecule has 0 spiro atoms. The fourth-order valence-electron chi connectivity index (χ4n) is 1.64. The first kappa shape index (κ1) is 10.1. The van der Waals surface area contributed by atoms with Crippen molar-refractivity contribution in [2.75, 3.05) is 6.54 Å². The second-order valence-electron chi connectivity index (χ2n) is 3.78. The maximum absolute atomic E-state index is 11.5. The van der Waals surface area contributed by atoms with Gasteiger partial charge < -0.3 is 10.6 Å². The number of carbonyl (C=O) groups excluding carboxylic acids is 1. The van der Waals surface area contributed by atoms with Gasteiger partial charge in [0.05, 0.1) is 12.1 Å². The van der Waals surface area contributed by atoms with Crippen LogP contribution in [0.5, 0.6) is 0 Å². The second-order valence-corrected chi connectivity index (χ2v) is 3.78. The first-order valence-electron chi connectivity index (χ1n) is 4.60. The van der Waals surface area contributed by atoms with Crippen molar-refractivity contribution >= 4 is 5.91 Å². The number of nitrogens with zero attached hydrogens (tertiary/aromatic N) is 1. The Hall–Kier alpha value is -1.01. The maximum Gasteiger partial charge on any atom is 0.240 e. The highest BCUT2D eigenvalue weighted by Gasteiger charge is 2.33. The molecule has 0 aromatic carbocycles. The van der Waals surface area contributed by atoms with Crippen LogP contribution in [-0.2, 0) is 4.79 Å². The van der Waals surface area contributed by atoms with E-state index in [-0.39, 0.29) is 18.0 Å². The normalized spacial score (nSPS) is 25.0. The third-order valence-electron chi connectivity index (χ3n) is 2.42. The zero-order valence-corrected chi connectivity index (χ0v) is 8.16. The van der Waals surface area contributed by atoms with Crippen LogP contribution in [0.1, 0.15) is 20.3 Å². The summed E-state index contributed by atoms with van der Waals surface area (Å²) >= 11 is 0. The fraction of sp³-hybridized carbons (Fsp3) is 0.700. The van der Waals surface area contributed by atoms with Crippen LogP contribution in [0.15, 0.2) is 0 Å². The summed E-state index contributed by atoms with van der Waals surface area (Å²) in [6, 6.07) is -0.435. The summed E-state index contributed by atoms with van der Waals surface area (Å²) in [7, 11) is 0. The number of likely N-dealkylation sites (tertiary alicyclic amines) is 1. The lowest BCUT2D eigenvalue weighted by Crippen LogP contribution is -2.42. The van der Waals surface area contributed by atoms with Crippen LogP contribution in [-0.4, -0.2) is 29.4 Å². The van der Waals surface area contributed by atoms with E-state index in [2.05, 4.69) is 5.92 Å². The lowest BCUT2D eigenvalue weighted by molar-refractivity contribution is -0.130. The van der Waals surface area contributed by atoms with Crippen molar-refractivity contribution in [3.63, 3.8) is 0 Å². The van der Waals surface area contributed by atoms with Gasteiger partial charge in [-0.15, -0.1) is 6.42 Å². The Kier molecular flexibility index (Phi) is 2.94. The van der Waals surface area contributed by atoms with Crippen molar-refractivity contribution in [3.8, 4) is 12.3 Å². The van der Waals surface area contributed by atoms with Crippen LogP contribution in [0.4, 0.5) is 0 Å². The van der Waals surface area contributed by atoms with Crippen molar-refractivity contribution in [2.45, 2.75) is 32.4 Å². The van der Waals surface area contributed by atoms with Gasteiger partial charge in [-0.1, -0.05) is 19.8 Å². The Morgan fingerprint density at radius 2 is 2.31 bits per heavy atom. The van der Waals surface area contributed by atoms with Crippen molar-refractivity contribution in [1.29, 1.82) is 0 Å². The quantitative estimate of drug-likeness (QED) is 0.617. The molecule has 1 amide bonds. The highest BCUT2D eigenvalue weighted by Crippen LogP contribution is 2.17. The van der Waals surface area contributed by atoms with E-state index in [1.807, 2.05) is 13.8 Å². The predicted octanol–water partition coefficient (Wildman–Crippen LogP) is 0.204. The van der Waals surface area contributed by atoms with Crippen LogP contribution >= 0.6 is 0 Å². The lowest BCUT2D eigenvalue weighted by Gasteiger charge is -2.26. The first-order chi connectivity index (χ1) is 6.07. The number of nitrogens with two attached hydrogens (primary N) is 1. The minimum Gasteiger partial charge on any atom is -0.327 e. The summed E-state index contributed by atoms with van der Waals surface area (Å²) in [5.41, 5.74) is 5.60. The molecule has 2 N–H and O–H groups in total. The molecule has 1 heterocycles. The third-order valence-corrected chi connectivity index (χ3v) is 2.42. The zero-order valence-electron chi connectivity index (χ0n) is 8.16. The lowest BCUT2D eigenvalue weighted by atomic mass is 10.0. The molecule has 3 heteroatoms. The summed E-state index contributed by atoms with van der Waals surface area (Å²) in [5.74, 6) is 2.93. The molecular formula is C10H16N2O. The summed E-state index contributed by atoms with van der Waals surface area (Å²) in [6.07, 6.45) is 6.10. The summed E-state index contributed by atoms with van der Waals surface area (Å²) in [4.78, 5) is 13.2. The molecule has 13 heavy (non-hydrogen) atoms. The number of hydrogen-bond acceptors (Lipinski definition) is 2. The molecular weight excluding hydrogens is 164 g/mol. The summed E-state index contributed by atoms with van der Waals surface area (Å²) < 4.78 is 0. The van der Waals surface area contributed by atoms with E-state index in [0.29, 0.717) is 12.5 Å². The standard InChI is InChI=1S/C10H16N2O/c1-4-9(7(2)3)12-6-5-8(11)10(12)13/h1,7-9H,5-6,11H2,2-3H3. The molecule has 0 aliphatic carbocycles. The maximum atomic E-state index is 11.5. The van der Waals surface area contributed by atoms with E-state index in [0.717, 1.165) is 6.42 Å². The van der Waals surface area contributed by atoms with Crippen molar-refractivity contribution in [2.24, 2.45) is 11.7 Å². The molecule has 1 saturated heterocycles. The molecule has 2 unspecified atom stereocenters. The Balaban J connectivity index is 2.72. The topological polar surface area (TPSA) is 46.3 Å². The molecule has 0 aromatic rings. The molecule has 72 valence electrons. The monoisotopic (exact) mass is 180 g/mol. The fourth-order valence-corrected chi connectivity index (χ4v) is 1.64. The highest BCUT2D eigenvalue weighted by atomic mass is 16.2. The highest BCUT2D eigenvalue weighted by molar-refractivity contribution is 5.84. The Morgan fingerprint density at radius 1 is 1.69 bits per heavy atom. The molecule has 0 aromatic heterocycles. The number of amides is 1. The van der Waals surface area contributed by atoms with Gasteiger partial charge in [0.2, 0.25) is 5.91 Å². The molecule has 3 nitrogen and oxygen atoms in total. The van der Waals surface area contributed by atoms with Gasteiger partial charge >= 0.3 is 0 Å². The van der Waals surface area contributed by atoms with E-state index in [9.17, 15) is 4.79 Å². The molecule has 1 aliphatic heterocycles. The van der Waals surface area contributed by atoms with Gasteiger partial charge in [0.15, 0.2) is 0 Å². The van der Waals surface area contributed by atoms with Crippen LogP contribution in [0, 0.1) is 18.3 Å². The Labute approximate surface area is 79.3 Å². The van der Waals surface area contributed by atoms with Crippen molar-refractivity contribution < 1.29 is 4.79 Å². The molecule has 0 radical (unpaired) electrons. The van der Waals surface area contributed by atoms with E-state index in [4.69, 9.17) is 12.2 Å². The average molecular weight is 180 g/mol.